The molecule has 0 aromatic carbocycles. The van der Waals surface area contributed by atoms with Gasteiger partial charge in [-0.3, -0.25) is 4.98 Å². The molecular formula is C14H16BrN7. The van der Waals surface area contributed by atoms with E-state index in [1.165, 1.54) is 19.3 Å². The Labute approximate surface area is 135 Å². The van der Waals surface area contributed by atoms with Crippen molar-refractivity contribution in [1.29, 1.82) is 0 Å². The fourth-order valence-electron chi connectivity index (χ4n) is 3.23. The molecule has 3 aromatic rings. The molecule has 3 heterocycles. The van der Waals surface area contributed by atoms with Crippen molar-refractivity contribution in [2.45, 2.75) is 38.1 Å². The van der Waals surface area contributed by atoms with Crippen molar-refractivity contribution in [3.05, 3.63) is 23.2 Å². The fourth-order valence-corrected chi connectivity index (χ4v) is 3.57. The summed E-state index contributed by atoms with van der Waals surface area (Å²) in [6, 6.07) is 2.42. The van der Waals surface area contributed by atoms with Crippen molar-refractivity contribution in [2.24, 2.45) is 0 Å². The van der Waals surface area contributed by atoms with E-state index in [1.54, 1.807) is 17.1 Å². The van der Waals surface area contributed by atoms with E-state index in [0.29, 0.717) is 22.7 Å². The largest absolute Gasteiger partial charge is 0.368 e. The number of pyridine rings is 1. The molecule has 1 aliphatic carbocycles. The van der Waals surface area contributed by atoms with Gasteiger partial charge in [0.2, 0.25) is 16.6 Å². The fraction of sp³-hybridized carbons (Fsp3) is 0.429. The van der Waals surface area contributed by atoms with Gasteiger partial charge in [0.05, 0.1) is 11.7 Å². The topological polar surface area (TPSA) is 87.4 Å². The van der Waals surface area contributed by atoms with Crippen molar-refractivity contribution in [1.82, 2.24) is 29.3 Å². The van der Waals surface area contributed by atoms with Crippen LogP contribution in [0.15, 0.2) is 23.2 Å². The van der Waals surface area contributed by atoms with Crippen molar-refractivity contribution in [3.8, 4) is 5.95 Å². The van der Waals surface area contributed by atoms with E-state index in [-0.39, 0.29) is 0 Å². The summed E-state index contributed by atoms with van der Waals surface area (Å²) in [6.07, 6.45) is 9.66. The highest BCUT2D eigenvalue weighted by molar-refractivity contribution is 9.10. The second kappa shape index (κ2) is 5.35. The molecule has 1 fully saturated rings. The lowest BCUT2D eigenvalue weighted by atomic mass is 9.95. The Balaban J connectivity index is 1.95. The Morgan fingerprint density at radius 1 is 1.18 bits per heavy atom. The van der Waals surface area contributed by atoms with E-state index >= 15 is 0 Å². The van der Waals surface area contributed by atoms with Gasteiger partial charge < -0.3 is 10.3 Å². The molecule has 3 aromatic heterocycles. The SMILES string of the molecule is Nc1nc(Br)nn1-c1nc2cnccc2n1C1CCCCC1. The van der Waals surface area contributed by atoms with Crippen LogP contribution in [0.4, 0.5) is 5.95 Å². The minimum Gasteiger partial charge on any atom is -0.368 e. The zero-order valence-electron chi connectivity index (χ0n) is 12.0. The molecule has 2 N–H and O–H groups in total. The van der Waals surface area contributed by atoms with Crippen molar-refractivity contribution < 1.29 is 0 Å². The van der Waals surface area contributed by atoms with Crippen LogP contribution in [0.25, 0.3) is 17.0 Å². The number of halogens is 1. The molecule has 0 bridgehead atoms. The molecule has 0 amide bonds. The average molecular weight is 362 g/mol. The maximum atomic E-state index is 5.98. The Bertz CT molecular complexity index is 816. The lowest BCUT2D eigenvalue weighted by molar-refractivity contribution is 0.356. The third kappa shape index (κ3) is 2.18. The van der Waals surface area contributed by atoms with E-state index in [0.717, 1.165) is 23.9 Å². The number of hydrogen-bond acceptors (Lipinski definition) is 5. The number of nitrogens with two attached hydrogens (primary N) is 1. The highest BCUT2D eigenvalue weighted by Gasteiger charge is 2.24. The van der Waals surface area contributed by atoms with Crippen LogP contribution in [0.2, 0.25) is 0 Å². The number of hydrogen-bond donors (Lipinski definition) is 1. The number of aromatic nitrogens is 6. The Morgan fingerprint density at radius 3 is 2.73 bits per heavy atom. The first-order valence-electron chi connectivity index (χ1n) is 7.44. The van der Waals surface area contributed by atoms with E-state index in [1.807, 2.05) is 6.07 Å². The molecule has 0 radical (unpaired) electrons. The normalized spacial score (nSPS) is 16.4. The molecule has 0 atom stereocenters. The van der Waals surface area contributed by atoms with Crippen molar-refractivity contribution in [2.75, 3.05) is 5.73 Å². The standard InChI is InChI=1S/C14H16BrN7/c15-12-19-13(16)22(20-12)14-18-10-8-17-7-6-11(10)21(14)9-4-2-1-3-5-9/h6-9H,1-5H2,(H2,16,19,20). The number of imidazole rings is 1. The minimum absolute atomic E-state index is 0.326. The van der Waals surface area contributed by atoms with Gasteiger partial charge >= 0.3 is 0 Å². The van der Waals surface area contributed by atoms with Crippen LogP contribution in [-0.4, -0.2) is 29.3 Å². The second-order valence-electron chi connectivity index (χ2n) is 5.59. The second-order valence-corrected chi connectivity index (χ2v) is 6.30. The summed E-state index contributed by atoms with van der Waals surface area (Å²) >= 11 is 3.27. The monoisotopic (exact) mass is 361 g/mol. The van der Waals surface area contributed by atoms with Crippen LogP contribution in [0.1, 0.15) is 38.1 Å². The zero-order valence-corrected chi connectivity index (χ0v) is 13.6. The number of fused-ring (bicyclic) bond motifs is 1. The average Bonchev–Trinajstić information content (AvgIpc) is 3.07. The Morgan fingerprint density at radius 2 is 2.00 bits per heavy atom. The first kappa shape index (κ1) is 13.7. The summed E-state index contributed by atoms with van der Waals surface area (Å²) in [5, 5.41) is 4.32. The van der Waals surface area contributed by atoms with Crippen LogP contribution in [0, 0.1) is 0 Å². The maximum absolute atomic E-state index is 5.98. The number of rotatable bonds is 2. The van der Waals surface area contributed by atoms with Gasteiger partial charge in [0, 0.05) is 12.2 Å². The molecule has 0 aliphatic heterocycles. The molecule has 22 heavy (non-hydrogen) atoms. The van der Waals surface area contributed by atoms with Gasteiger partial charge in [0.25, 0.3) is 0 Å². The highest BCUT2D eigenvalue weighted by atomic mass is 79.9. The molecule has 0 unspecified atom stereocenters. The van der Waals surface area contributed by atoms with Crippen LogP contribution in [0.3, 0.4) is 0 Å². The Hall–Kier alpha value is -1.96. The number of nitrogen functional groups attached to an aromatic ring is 1. The quantitative estimate of drug-likeness (QED) is 0.757. The molecule has 114 valence electrons. The van der Waals surface area contributed by atoms with Gasteiger partial charge in [0.15, 0.2) is 0 Å². The van der Waals surface area contributed by atoms with Crippen LogP contribution >= 0.6 is 15.9 Å². The van der Waals surface area contributed by atoms with Crippen molar-refractivity contribution in [3.63, 3.8) is 0 Å². The Kier molecular flexibility index (Phi) is 3.33. The first-order valence-corrected chi connectivity index (χ1v) is 8.23. The number of anilines is 1. The molecule has 1 aliphatic rings. The third-order valence-electron chi connectivity index (χ3n) is 4.21. The van der Waals surface area contributed by atoms with Crippen molar-refractivity contribution >= 4 is 32.9 Å². The van der Waals surface area contributed by atoms with Gasteiger partial charge in [-0.1, -0.05) is 19.3 Å². The van der Waals surface area contributed by atoms with E-state index in [2.05, 4.69) is 35.6 Å². The summed E-state index contributed by atoms with van der Waals surface area (Å²) < 4.78 is 4.30. The van der Waals surface area contributed by atoms with E-state index < -0.39 is 0 Å². The molecule has 7 nitrogen and oxygen atoms in total. The van der Waals surface area contributed by atoms with Crippen LogP contribution in [-0.2, 0) is 0 Å². The van der Waals surface area contributed by atoms with Crippen LogP contribution in [0.5, 0.6) is 0 Å². The predicted molar refractivity (Wildman–Crippen MR) is 86.7 cm³/mol. The smallest absolute Gasteiger partial charge is 0.235 e. The van der Waals surface area contributed by atoms with Gasteiger partial charge in [-0.25, -0.2) is 4.98 Å². The van der Waals surface area contributed by atoms with Gasteiger partial charge in [-0.2, -0.15) is 9.67 Å². The molecule has 0 spiro atoms. The third-order valence-corrected chi connectivity index (χ3v) is 4.54. The van der Waals surface area contributed by atoms with E-state index in [4.69, 9.17) is 10.7 Å². The molecule has 1 saturated carbocycles. The highest BCUT2D eigenvalue weighted by Crippen LogP contribution is 2.33. The number of nitrogens with zero attached hydrogens (tertiary/aromatic N) is 6. The van der Waals surface area contributed by atoms with E-state index in [9.17, 15) is 0 Å². The van der Waals surface area contributed by atoms with Gasteiger partial charge in [0.1, 0.15) is 5.52 Å². The first-order chi connectivity index (χ1) is 10.7. The van der Waals surface area contributed by atoms with Crippen LogP contribution < -0.4 is 5.73 Å². The molecule has 4 rings (SSSR count). The zero-order chi connectivity index (χ0) is 15.1. The molecule has 0 saturated heterocycles. The minimum atomic E-state index is 0.326. The lowest BCUT2D eigenvalue weighted by Crippen LogP contribution is -2.18. The summed E-state index contributed by atoms with van der Waals surface area (Å²) in [5.41, 5.74) is 7.91. The molecular weight excluding hydrogens is 346 g/mol. The summed E-state index contributed by atoms with van der Waals surface area (Å²) in [7, 11) is 0. The summed E-state index contributed by atoms with van der Waals surface area (Å²) in [6.45, 7) is 0. The lowest BCUT2D eigenvalue weighted by Gasteiger charge is -2.25. The summed E-state index contributed by atoms with van der Waals surface area (Å²) in [4.78, 5) is 13.0. The summed E-state index contributed by atoms with van der Waals surface area (Å²) in [5.74, 6) is 1.04. The van der Waals surface area contributed by atoms with Gasteiger partial charge in [-0.05, 0) is 34.8 Å². The predicted octanol–water partition coefficient (Wildman–Crippen LogP) is 2.86. The maximum Gasteiger partial charge on any atom is 0.235 e. The molecule has 8 heteroatoms. The van der Waals surface area contributed by atoms with Gasteiger partial charge in [-0.15, -0.1) is 5.10 Å².